The number of methoxy groups -OCH3 is 1. The number of carbonyl (C=O) groups excluding carboxylic acids is 4. The molecule has 1 rings (SSSR count). The second kappa shape index (κ2) is 16.4. The van der Waals surface area contributed by atoms with Gasteiger partial charge in [0.15, 0.2) is 5.76 Å². The zero-order chi connectivity index (χ0) is 29.6. The Balaban J connectivity index is 2.68. The summed E-state index contributed by atoms with van der Waals surface area (Å²) in [6, 6.07) is -0.829. The van der Waals surface area contributed by atoms with Gasteiger partial charge in [0.2, 0.25) is 11.8 Å². The van der Waals surface area contributed by atoms with Gasteiger partial charge < -0.3 is 30.6 Å². The molecule has 0 aliphatic carbocycles. The molecule has 216 valence electrons. The Morgan fingerprint density at radius 2 is 1.95 bits per heavy atom. The lowest BCUT2D eigenvalue weighted by atomic mass is 9.86. The van der Waals surface area contributed by atoms with Crippen LogP contribution in [0, 0.1) is 11.3 Å². The molecule has 11 heteroatoms. The number of rotatable bonds is 13. The summed E-state index contributed by atoms with van der Waals surface area (Å²) < 4.78 is 15.4. The van der Waals surface area contributed by atoms with Gasteiger partial charge >= 0.3 is 12.1 Å². The van der Waals surface area contributed by atoms with Crippen LogP contribution in [-0.2, 0) is 28.6 Å². The van der Waals surface area contributed by atoms with Crippen LogP contribution in [0.2, 0.25) is 0 Å². The molecule has 10 nitrogen and oxygen atoms in total. The van der Waals surface area contributed by atoms with Crippen molar-refractivity contribution in [2.24, 2.45) is 17.1 Å². The fourth-order valence-electron chi connectivity index (χ4n) is 3.51. The Bertz CT molecular complexity index is 1020. The first-order valence-corrected chi connectivity index (χ1v) is 13.0. The summed E-state index contributed by atoms with van der Waals surface area (Å²) in [6.07, 6.45) is 12.3. The zero-order valence-electron chi connectivity index (χ0n) is 23.4. The minimum absolute atomic E-state index is 0.0841. The molecule has 1 aliphatic rings. The van der Waals surface area contributed by atoms with E-state index in [0.29, 0.717) is 24.3 Å². The van der Waals surface area contributed by atoms with Crippen molar-refractivity contribution in [3.8, 4) is 0 Å². The topological polar surface area (TPSA) is 146 Å². The molecule has 39 heavy (non-hydrogen) atoms. The highest BCUT2D eigenvalue weighted by Gasteiger charge is 2.32. The zero-order valence-corrected chi connectivity index (χ0v) is 24.1. The highest BCUT2D eigenvalue weighted by Crippen LogP contribution is 2.22. The van der Waals surface area contributed by atoms with Crippen LogP contribution in [0.15, 0.2) is 59.5 Å². The maximum Gasteiger partial charge on any atom is 0.404 e. The van der Waals surface area contributed by atoms with E-state index in [9.17, 15) is 19.2 Å². The number of esters is 1. The van der Waals surface area contributed by atoms with Crippen LogP contribution < -0.4 is 16.4 Å². The number of cyclic esters (lactones) is 1. The number of halogens is 1. The molecule has 0 saturated carbocycles. The van der Waals surface area contributed by atoms with E-state index in [0.717, 1.165) is 0 Å². The molecule has 0 unspecified atom stereocenters. The van der Waals surface area contributed by atoms with Crippen molar-refractivity contribution in [2.45, 2.75) is 72.1 Å². The van der Waals surface area contributed by atoms with Gasteiger partial charge in [-0.05, 0) is 24.6 Å². The molecule has 0 aromatic rings. The molecule has 0 radical (unpaired) electrons. The van der Waals surface area contributed by atoms with Gasteiger partial charge in [0, 0.05) is 36.3 Å². The quantitative estimate of drug-likeness (QED) is 0.173. The SMILES string of the molecule is COC1=CC[C@@H]([C@@H](C)/C=C\C=C/C(=O)N[C@H](C(=O)N/C=C\C[C@H](C/C=C(\C)Cl)OC(N)=O)C(C)(C)C)OC1=O. The summed E-state index contributed by atoms with van der Waals surface area (Å²) in [5.74, 6) is -1.23. The maximum atomic E-state index is 12.8. The second-order valence-electron chi connectivity index (χ2n) is 10.1. The van der Waals surface area contributed by atoms with Gasteiger partial charge in [-0.1, -0.05) is 69.7 Å². The second-order valence-corrected chi connectivity index (χ2v) is 10.7. The van der Waals surface area contributed by atoms with E-state index in [1.54, 1.807) is 37.3 Å². The number of nitrogens with two attached hydrogens (primary N) is 1. The van der Waals surface area contributed by atoms with Crippen molar-refractivity contribution in [3.63, 3.8) is 0 Å². The van der Waals surface area contributed by atoms with E-state index in [4.69, 9.17) is 31.5 Å². The predicted octanol–water partition coefficient (Wildman–Crippen LogP) is 4.13. The number of amides is 3. The Morgan fingerprint density at radius 3 is 2.51 bits per heavy atom. The molecule has 0 fully saturated rings. The first-order valence-electron chi connectivity index (χ1n) is 12.6. The van der Waals surface area contributed by atoms with Crippen molar-refractivity contribution in [2.75, 3.05) is 7.11 Å². The number of hydrogen-bond acceptors (Lipinski definition) is 7. The summed E-state index contributed by atoms with van der Waals surface area (Å²) >= 11 is 5.83. The summed E-state index contributed by atoms with van der Waals surface area (Å²) in [5, 5.41) is 5.94. The molecule has 0 spiro atoms. The Labute approximate surface area is 235 Å². The van der Waals surface area contributed by atoms with Crippen molar-refractivity contribution in [3.05, 3.63) is 59.5 Å². The Kier molecular flexibility index (Phi) is 14.1. The van der Waals surface area contributed by atoms with E-state index in [2.05, 4.69) is 10.6 Å². The van der Waals surface area contributed by atoms with E-state index in [-0.39, 0.29) is 17.8 Å². The standard InChI is InChI=1S/C28H40ClN3O7/c1-18(21-15-16-22(37-6)26(35)39-21)10-7-8-12-23(33)32-24(28(3,4)5)25(34)31-17-9-11-20(38-27(30)36)14-13-19(2)29/h7-10,12-13,16-18,20-21,24H,11,14-15H2,1-6H3,(H2,30,36)(H,31,34)(H,32,33)/b10-7-,12-8-,17-9-,19-13+/t18-,20+,21-,24+/m0/s1. The number of allylic oxidation sites excluding steroid dienone is 3. The van der Waals surface area contributed by atoms with Gasteiger partial charge in [-0.3, -0.25) is 9.59 Å². The highest BCUT2D eigenvalue weighted by molar-refractivity contribution is 6.29. The van der Waals surface area contributed by atoms with Gasteiger partial charge in [0.25, 0.3) is 0 Å². The third kappa shape index (κ3) is 13.2. The van der Waals surface area contributed by atoms with Crippen LogP contribution in [0.3, 0.4) is 0 Å². The van der Waals surface area contributed by atoms with Gasteiger partial charge in [-0.15, -0.1) is 0 Å². The van der Waals surface area contributed by atoms with Crippen molar-refractivity contribution < 1.29 is 33.4 Å². The van der Waals surface area contributed by atoms with Crippen LogP contribution in [-0.4, -0.2) is 49.2 Å². The molecule has 1 heterocycles. The molecule has 0 aromatic carbocycles. The van der Waals surface area contributed by atoms with Gasteiger partial charge in [0.05, 0.1) is 7.11 Å². The van der Waals surface area contributed by atoms with E-state index >= 15 is 0 Å². The summed E-state index contributed by atoms with van der Waals surface area (Å²) in [5.41, 5.74) is 4.53. The first-order chi connectivity index (χ1) is 18.2. The summed E-state index contributed by atoms with van der Waals surface area (Å²) in [6.45, 7) is 9.10. The molecule has 1 aliphatic heterocycles. The molecule has 4 N–H and O–H groups in total. The molecule has 4 atom stereocenters. The third-order valence-electron chi connectivity index (χ3n) is 5.68. The molecule has 0 aromatic heterocycles. The fourth-order valence-corrected chi connectivity index (χ4v) is 3.59. The molecule has 3 amide bonds. The summed E-state index contributed by atoms with van der Waals surface area (Å²) in [4.78, 5) is 48.3. The number of ether oxygens (including phenoxy) is 3. The fraction of sp³-hybridized carbons (Fsp3) is 0.500. The molecule has 0 bridgehead atoms. The Morgan fingerprint density at radius 1 is 1.26 bits per heavy atom. The average molecular weight is 566 g/mol. The first kappa shape index (κ1) is 33.5. The smallest absolute Gasteiger partial charge is 0.404 e. The third-order valence-corrected chi connectivity index (χ3v) is 5.83. The lowest BCUT2D eigenvalue weighted by Crippen LogP contribution is -2.52. The van der Waals surface area contributed by atoms with Crippen molar-refractivity contribution >= 4 is 35.5 Å². The average Bonchev–Trinajstić information content (AvgIpc) is 2.84. The predicted molar refractivity (Wildman–Crippen MR) is 149 cm³/mol. The van der Waals surface area contributed by atoms with E-state index in [1.807, 2.05) is 33.8 Å². The van der Waals surface area contributed by atoms with E-state index in [1.165, 1.54) is 19.4 Å². The van der Waals surface area contributed by atoms with Crippen LogP contribution in [0.1, 0.15) is 53.9 Å². The number of hydrogen-bond donors (Lipinski definition) is 3. The van der Waals surface area contributed by atoms with Crippen molar-refractivity contribution in [1.29, 1.82) is 0 Å². The van der Waals surface area contributed by atoms with Gasteiger partial charge in [-0.25, -0.2) is 9.59 Å². The number of carbonyl (C=O) groups is 4. The molecular weight excluding hydrogens is 526 g/mol. The minimum Gasteiger partial charge on any atom is -0.490 e. The molecular formula is C28H40ClN3O7. The lowest BCUT2D eigenvalue weighted by molar-refractivity contribution is -0.151. The van der Waals surface area contributed by atoms with Crippen molar-refractivity contribution in [1.82, 2.24) is 10.6 Å². The molecule has 0 saturated heterocycles. The summed E-state index contributed by atoms with van der Waals surface area (Å²) in [7, 11) is 1.42. The van der Waals surface area contributed by atoms with Gasteiger partial charge in [0.1, 0.15) is 18.2 Å². The normalized spacial score (nSPS) is 18.8. The van der Waals surface area contributed by atoms with Crippen LogP contribution in [0.25, 0.3) is 0 Å². The highest BCUT2D eigenvalue weighted by atomic mass is 35.5. The minimum atomic E-state index is -0.902. The van der Waals surface area contributed by atoms with Crippen LogP contribution >= 0.6 is 11.6 Å². The largest absolute Gasteiger partial charge is 0.490 e. The van der Waals surface area contributed by atoms with Gasteiger partial charge in [-0.2, -0.15) is 0 Å². The monoisotopic (exact) mass is 565 g/mol. The number of nitrogens with one attached hydrogen (secondary N) is 2. The van der Waals surface area contributed by atoms with Crippen LogP contribution in [0.4, 0.5) is 4.79 Å². The lowest BCUT2D eigenvalue weighted by Gasteiger charge is -2.29. The Hall–Kier alpha value is -3.53. The van der Waals surface area contributed by atoms with Crippen LogP contribution in [0.5, 0.6) is 0 Å². The number of primary amides is 1. The van der Waals surface area contributed by atoms with E-state index < -0.39 is 41.4 Å². The maximum absolute atomic E-state index is 12.8.